The van der Waals surface area contributed by atoms with Crippen LogP contribution in [0.5, 0.6) is 0 Å². The van der Waals surface area contributed by atoms with E-state index >= 15 is 0 Å². The van der Waals surface area contributed by atoms with Gasteiger partial charge in [-0.2, -0.15) is 15.3 Å². The molecule has 1 unspecified atom stereocenters. The minimum absolute atomic E-state index is 0.0532. The Morgan fingerprint density at radius 1 is 1.20 bits per heavy atom. The second kappa shape index (κ2) is 7.76. The van der Waals surface area contributed by atoms with E-state index in [-0.39, 0.29) is 11.8 Å². The number of hydrogen-bond donors (Lipinski definition) is 1. The van der Waals surface area contributed by atoms with Crippen LogP contribution in [-0.2, 0) is 11.3 Å². The maximum Gasteiger partial charge on any atom is 0.240 e. The van der Waals surface area contributed by atoms with Crippen molar-refractivity contribution in [2.45, 2.75) is 19.9 Å². The van der Waals surface area contributed by atoms with Crippen LogP contribution in [0, 0.1) is 5.92 Å². The first-order chi connectivity index (χ1) is 12.0. The minimum Gasteiger partial charge on any atom is -0.273 e. The first kappa shape index (κ1) is 17.6. The molecule has 0 radical (unpaired) electrons. The largest absolute Gasteiger partial charge is 0.273 e. The second-order valence-corrected chi connectivity index (χ2v) is 6.66. The Hall–Kier alpha value is -2.24. The van der Waals surface area contributed by atoms with Gasteiger partial charge in [-0.05, 0) is 35.4 Å². The highest BCUT2D eigenvalue weighted by molar-refractivity contribution is 6.35. The molecule has 1 aliphatic rings. The molecule has 1 heterocycles. The number of amides is 1. The number of rotatable bonds is 4. The van der Waals surface area contributed by atoms with Crippen LogP contribution in [0.1, 0.15) is 24.5 Å². The van der Waals surface area contributed by atoms with Crippen molar-refractivity contribution in [3.63, 3.8) is 0 Å². The van der Waals surface area contributed by atoms with Crippen molar-refractivity contribution in [3.05, 3.63) is 63.6 Å². The van der Waals surface area contributed by atoms with Crippen LogP contribution in [0.2, 0.25) is 10.0 Å². The van der Waals surface area contributed by atoms with Crippen molar-refractivity contribution >= 4 is 40.5 Å². The Morgan fingerprint density at radius 3 is 2.64 bits per heavy atom. The van der Waals surface area contributed by atoms with E-state index < -0.39 is 0 Å². The molecule has 2 aromatic rings. The fraction of sp³-hybridized carbons (Fsp3) is 0.222. The average molecular weight is 375 g/mol. The number of nitrogens with zero attached hydrogens (tertiary/aromatic N) is 3. The molecule has 1 aliphatic heterocycles. The first-order valence-corrected chi connectivity index (χ1v) is 8.57. The topological polar surface area (TPSA) is 66.2 Å². The molecular formula is C18H16Cl2N4O. The lowest BCUT2D eigenvalue weighted by molar-refractivity contribution is -0.121. The van der Waals surface area contributed by atoms with Crippen LogP contribution in [0.4, 0.5) is 5.69 Å². The van der Waals surface area contributed by atoms with Crippen LogP contribution in [0.15, 0.2) is 57.8 Å². The molecule has 1 N–H and O–H groups in total. The molecule has 0 saturated carbocycles. The number of benzene rings is 2. The van der Waals surface area contributed by atoms with Crippen molar-refractivity contribution in [1.29, 1.82) is 0 Å². The summed E-state index contributed by atoms with van der Waals surface area (Å²) in [6.45, 7) is 2.37. The summed E-state index contributed by atoms with van der Waals surface area (Å²) in [5, 5.41) is 13.7. The summed E-state index contributed by atoms with van der Waals surface area (Å²) in [4.78, 5) is 11.3. The molecule has 1 amide bonds. The molecule has 1 atom stereocenters. The van der Waals surface area contributed by atoms with Gasteiger partial charge in [0.05, 0.1) is 17.9 Å². The van der Waals surface area contributed by atoms with E-state index in [2.05, 4.69) is 20.8 Å². The lowest BCUT2D eigenvalue weighted by Crippen LogP contribution is -2.31. The maximum atomic E-state index is 11.3. The molecule has 128 valence electrons. The van der Waals surface area contributed by atoms with E-state index in [1.165, 1.54) is 0 Å². The van der Waals surface area contributed by atoms with Gasteiger partial charge in [-0.1, -0.05) is 48.3 Å². The highest BCUT2D eigenvalue weighted by Crippen LogP contribution is 2.23. The predicted octanol–water partition coefficient (Wildman–Crippen LogP) is 5.14. The highest BCUT2D eigenvalue weighted by atomic mass is 35.5. The summed E-state index contributed by atoms with van der Waals surface area (Å²) in [6, 6.07) is 12.9. The molecule has 7 heteroatoms. The maximum absolute atomic E-state index is 11.3. The summed E-state index contributed by atoms with van der Waals surface area (Å²) in [6.07, 6.45) is 0.447. The van der Waals surface area contributed by atoms with Gasteiger partial charge in [0.25, 0.3) is 0 Å². The summed E-state index contributed by atoms with van der Waals surface area (Å²) >= 11 is 12.0. The number of azo groups is 1. The number of hydrogen-bond acceptors (Lipinski definition) is 4. The van der Waals surface area contributed by atoms with Crippen LogP contribution < -0.4 is 5.43 Å². The predicted molar refractivity (Wildman–Crippen MR) is 99.6 cm³/mol. The summed E-state index contributed by atoms with van der Waals surface area (Å²) in [7, 11) is 0. The smallest absolute Gasteiger partial charge is 0.240 e. The van der Waals surface area contributed by atoms with Gasteiger partial charge in [0.1, 0.15) is 0 Å². The molecule has 0 bridgehead atoms. The molecule has 25 heavy (non-hydrogen) atoms. The van der Waals surface area contributed by atoms with Crippen LogP contribution in [-0.4, -0.2) is 11.6 Å². The quantitative estimate of drug-likeness (QED) is 0.739. The molecule has 0 spiro atoms. The number of hydrazone groups is 1. The Bertz CT molecular complexity index is 847. The molecule has 5 nitrogen and oxygen atoms in total. The van der Waals surface area contributed by atoms with E-state index in [0.717, 1.165) is 22.5 Å². The number of halogens is 2. The van der Waals surface area contributed by atoms with Crippen molar-refractivity contribution in [2.24, 2.45) is 21.2 Å². The summed E-state index contributed by atoms with van der Waals surface area (Å²) in [5.74, 6) is 0.0378. The highest BCUT2D eigenvalue weighted by Gasteiger charge is 2.21. The fourth-order valence-electron chi connectivity index (χ4n) is 2.54. The Morgan fingerprint density at radius 2 is 1.96 bits per heavy atom. The van der Waals surface area contributed by atoms with Crippen molar-refractivity contribution in [1.82, 2.24) is 5.43 Å². The van der Waals surface area contributed by atoms with Crippen molar-refractivity contribution in [3.8, 4) is 0 Å². The molecule has 0 aromatic heterocycles. The van der Waals surface area contributed by atoms with Crippen LogP contribution in [0.3, 0.4) is 0 Å². The van der Waals surface area contributed by atoms with Gasteiger partial charge in [-0.15, -0.1) is 0 Å². The fourth-order valence-corrected chi connectivity index (χ4v) is 3.01. The third-order valence-corrected chi connectivity index (χ3v) is 4.45. The number of carbonyl (C=O) groups is 1. The van der Waals surface area contributed by atoms with Gasteiger partial charge in [0, 0.05) is 22.4 Å². The second-order valence-electron chi connectivity index (χ2n) is 5.82. The summed E-state index contributed by atoms with van der Waals surface area (Å²) < 4.78 is 0. The van der Waals surface area contributed by atoms with E-state index in [4.69, 9.17) is 23.2 Å². The Balaban J connectivity index is 1.67. The molecule has 0 fully saturated rings. The standard InChI is InChI=1S/C18H16Cl2N4O/c1-11-8-17(25)23-24-18(11)12-3-6-15(7-4-12)22-21-10-13-2-5-14(19)9-16(13)20/h2-7,9,11H,8,10H2,1H3,(H,23,25). The molecular weight excluding hydrogens is 359 g/mol. The summed E-state index contributed by atoms with van der Waals surface area (Å²) in [5.41, 5.74) is 5.96. The molecule has 3 rings (SSSR count). The SMILES string of the molecule is CC1CC(=O)NN=C1c1ccc(N=NCc2ccc(Cl)cc2Cl)cc1. The third-order valence-electron chi connectivity index (χ3n) is 3.86. The van der Waals surface area contributed by atoms with E-state index in [9.17, 15) is 4.79 Å². The molecule has 0 aliphatic carbocycles. The van der Waals surface area contributed by atoms with Gasteiger partial charge in [-0.25, -0.2) is 5.43 Å². The van der Waals surface area contributed by atoms with Gasteiger partial charge < -0.3 is 0 Å². The molecule has 2 aromatic carbocycles. The lowest BCUT2D eigenvalue weighted by Gasteiger charge is -2.19. The van der Waals surface area contributed by atoms with Crippen molar-refractivity contribution in [2.75, 3.05) is 0 Å². The van der Waals surface area contributed by atoms with E-state index in [0.29, 0.717) is 23.0 Å². The van der Waals surface area contributed by atoms with Gasteiger partial charge in [0.2, 0.25) is 5.91 Å². The third kappa shape index (κ3) is 4.44. The first-order valence-electron chi connectivity index (χ1n) is 7.81. The zero-order valence-electron chi connectivity index (χ0n) is 13.5. The van der Waals surface area contributed by atoms with Crippen molar-refractivity contribution < 1.29 is 4.79 Å². The zero-order chi connectivity index (χ0) is 17.8. The monoisotopic (exact) mass is 374 g/mol. The average Bonchev–Trinajstić information content (AvgIpc) is 2.58. The lowest BCUT2D eigenvalue weighted by atomic mass is 9.94. The van der Waals surface area contributed by atoms with Gasteiger partial charge in [0.15, 0.2) is 0 Å². The Labute approximate surface area is 155 Å². The van der Waals surface area contributed by atoms with E-state index in [1.54, 1.807) is 12.1 Å². The molecule has 0 saturated heterocycles. The normalized spacial score (nSPS) is 17.5. The van der Waals surface area contributed by atoms with Crippen LogP contribution >= 0.6 is 23.2 Å². The number of carbonyl (C=O) groups excluding carboxylic acids is 1. The minimum atomic E-state index is -0.0532. The van der Waals surface area contributed by atoms with Crippen LogP contribution in [0.25, 0.3) is 0 Å². The zero-order valence-corrected chi connectivity index (χ0v) is 15.1. The van der Waals surface area contributed by atoms with Gasteiger partial charge >= 0.3 is 0 Å². The van der Waals surface area contributed by atoms with Gasteiger partial charge in [-0.3, -0.25) is 4.79 Å². The van der Waals surface area contributed by atoms with E-state index in [1.807, 2.05) is 37.3 Å². The number of nitrogens with one attached hydrogen (secondary N) is 1. The Kier molecular flexibility index (Phi) is 5.46.